The lowest BCUT2D eigenvalue weighted by molar-refractivity contribution is -0.129. The van der Waals surface area contributed by atoms with Crippen molar-refractivity contribution in [1.82, 2.24) is 14.6 Å². The van der Waals surface area contributed by atoms with Crippen molar-refractivity contribution in [3.8, 4) is 0 Å². The van der Waals surface area contributed by atoms with E-state index < -0.39 is 16.1 Å². The van der Waals surface area contributed by atoms with Crippen molar-refractivity contribution in [2.75, 3.05) is 6.26 Å². The SMILES string of the molecule is CS(=O)(=O)N[C@@H]1CC(=O)N(C2CC2)[C@H]1c1cccnc1. The standard InChI is InChI=1S/C13H17N3O3S/c1-20(18,19)15-11-7-12(17)16(10-4-5-10)13(11)9-3-2-6-14-8-9/h2-3,6,8,10-11,13,15H,4-5,7H2,1H3/t11-,13+/m1/s1. The van der Waals surface area contributed by atoms with Crippen LogP contribution in [0.4, 0.5) is 0 Å². The van der Waals surface area contributed by atoms with Crippen molar-refractivity contribution >= 4 is 15.9 Å². The molecule has 108 valence electrons. The predicted molar refractivity (Wildman–Crippen MR) is 73.2 cm³/mol. The minimum atomic E-state index is -3.35. The summed E-state index contributed by atoms with van der Waals surface area (Å²) in [7, 11) is -3.35. The fourth-order valence-electron chi connectivity index (χ4n) is 2.86. The van der Waals surface area contributed by atoms with Crippen molar-refractivity contribution in [2.24, 2.45) is 0 Å². The van der Waals surface area contributed by atoms with Crippen LogP contribution in [0.3, 0.4) is 0 Å². The Balaban J connectivity index is 1.95. The van der Waals surface area contributed by atoms with E-state index in [1.165, 1.54) is 0 Å². The van der Waals surface area contributed by atoms with Crippen molar-refractivity contribution in [3.63, 3.8) is 0 Å². The number of nitrogens with zero attached hydrogens (tertiary/aromatic N) is 2. The second-order valence-electron chi connectivity index (χ2n) is 5.46. The van der Waals surface area contributed by atoms with Gasteiger partial charge in [-0.15, -0.1) is 0 Å². The first kappa shape index (κ1) is 13.5. The Morgan fingerprint density at radius 1 is 1.40 bits per heavy atom. The number of likely N-dealkylation sites (tertiary alicyclic amines) is 1. The van der Waals surface area contributed by atoms with Gasteiger partial charge in [-0.25, -0.2) is 13.1 Å². The molecule has 1 saturated heterocycles. The second-order valence-corrected chi connectivity index (χ2v) is 7.24. The summed E-state index contributed by atoms with van der Waals surface area (Å²) in [5, 5.41) is 0. The largest absolute Gasteiger partial charge is 0.331 e. The molecule has 0 unspecified atom stereocenters. The average Bonchev–Trinajstić information content (AvgIpc) is 3.14. The molecular formula is C13H17N3O3S. The Hall–Kier alpha value is -1.47. The van der Waals surface area contributed by atoms with Crippen molar-refractivity contribution < 1.29 is 13.2 Å². The van der Waals surface area contributed by atoms with Crippen LogP contribution in [0, 0.1) is 0 Å². The summed E-state index contributed by atoms with van der Waals surface area (Å²) in [5.74, 6) is 0.0162. The van der Waals surface area contributed by atoms with Gasteiger partial charge in [-0.05, 0) is 24.5 Å². The number of sulfonamides is 1. The van der Waals surface area contributed by atoms with E-state index in [2.05, 4.69) is 9.71 Å². The van der Waals surface area contributed by atoms with Gasteiger partial charge in [-0.3, -0.25) is 9.78 Å². The molecule has 3 rings (SSSR count). The highest BCUT2D eigenvalue weighted by Crippen LogP contribution is 2.41. The molecule has 0 bridgehead atoms. The molecule has 7 heteroatoms. The number of rotatable bonds is 4. The minimum absolute atomic E-state index is 0.0162. The summed E-state index contributed by atoms with van der Waals surface area (Å²) in [4.78, 5) is 18.1. The van der Waals surface area contributed by atoms with Gasteiger partial charge < -0.3 is 4.90 Å². The number of aromatic nitrogens is 1. The maximum Gasteiger partial charge on any atom is 0.225 e. The summed E-state index contributed by atoms with van der Waals surface area (Å²) in [6.45, 7) is 0. The van der Waals surface area contributed by atoms with E-state index >= 15 is 0 Å². The van der Waals surface area contributed by atoms with Crippen LogP contribution in [0.2, 0.25) is 0 Å². The molecule has 1 aromatic rings. The van der Waals surface area contributed by atoms with Crippen LogP contribution in [0.25, 0.3) is 0 Å². The molecule has 0 radical (unpaired) electrons. The van der Waals surface area contributed by atoms with E-state index in [1.807, 2.05) is 11.0 Å². The molecule has 1 aliphatic heterocycles. The first-order valence-corrected chi connectivity index (χ1v) is 8.53. The van der Waals surface area contributed by atoms with E-state index in [4.69, 9.17) is 0 Å². The first-order chi connectivity index (χ1) is 9.46. The van der Waals surface area contributed by atoms with Gasteiger partial charge in [-0.1, -0.05) is 6.07 Å². The lowest BCUT2D eigenvalue weighted by Gasteiger charge is -2.28. The third-order valence-corrected chi connectivity index (χ3v) is 4.43. The third kappa shape index (κ3) is 2.69. The lowest BCUT2D eigenvalue weighted by atomic mass is 10.0. The normalized spacial score (nSPS) is 27.1. The van der Waals surface area contributed by atoms with Crippen molar-refractivity contribution in [2.45, 2.75) is 37.4 Å². The van der Waals surface area contributed by atoms with Crippen molar-refractivity contribution in [3.05, 3.63) is 30.1 Å². The van der Waals surface area contributed by atoms with E-state index in [-0.39, 0.29) is 24.4 Å². The van der Waals surface area contributed by atoms with Gasteiger partial charge in [0.05, 0.1) is 18.3 Å². The monoisotopic (exact) mass is 295 g/mol. The lowest BCUT2D eigenvalue weighted by Crippen LogP contribution is -2.40. The third-order valence-electron chi connectivity index (χ3n) is 3.69. The molecule has 0 spiro atoms. The number of amides is 1. The molecule has 1 N–H and O–H groups in total. The Bertz CT molecular complexity index is 613. The average molecular weight is 295 g/mol. The zero-order valence-electron chi connectivity index (χ0n) is 11.2. The van der Waals surface area contributed by atoms with Gasteiger partial charge in [-0.2, -0.15) is 0 Å². The fourth-order valence-corrected chi connectivity index (χ4v) is 3.62. The maximum atomic E-state index is 12.2. The molecule has 2 fully saturated rings. The van der Waals surface area contributed by atoms with Crippen LogP contribution >= 0.6 is 0 Å². The van der Waals surface area contributed by atoms with Crippen LogP contribution in [-0.2, 0) is 14.8 Å². The van der Waals surface area contributed by atoms with Gasteiger partial charge in [0.1, 0.15) is 0 Å². The van der Waals surface area contributed by atoms with Crippen LogP contribution < -0.4 is 4.72 Å². The van der Waals surface area contributed by atoms with Crippen LogP contribution in [0.1, 0.15) is 30.9 Å². The van der Waals surface area contributed by atoms with E-state index in [1.54, 1.807) is 18.5 Å². The number of carbonyl (C=O) groups excluding carboxylic acids is 1. The smallest absolute Gasteiger partial charge is 0.225 e. The molecular weight excluding hydrogens is 278 g/mol. The Morgan fingerprint density at radius 2 is 2.15 bits per heavy atom. The predicted octanol–water partition coefficient (Wildman–Crippen LogP) is 0.435. The maximum absolute atomic E-state index is 12.2. The molecule has 1 aliphatic carbocycles. The van der Waals surface area contributed by atoms with Crippen LogP contribution in [-0.4, -0.2) is 42.5 Å². The summed E-state index contributed by atoms with van der Waals surface area (Å²) < 4.78 is 25.6. The zero-order valence-corrected chi connectivity index (χ0v) is 12.0. The van der Waals surface area contributed by atoms with Gasteiger partial charge >= 0.3 is 0 Å². The van der Waals surface area contributed by atoms with Crippen LogP contribution in [0.15, 0.2) is 24.5 Å². The number of hydrogen-bond acceptors (Lipinski definition) is 4. The van der Waals surface area contributed by atoms with Gasteiger partial charge in [0, 0.05) is 24.9 Å². The highest BCUT2D eigenvalue weighted by atomic mass is 32.2. The number of hydrogen-bond donors (Lipinski definition) is 1. The highest BCUT2D eigenvalue weighted by Gasteiger charge is 2.47. The zero-order chi connectivity index (χ0) is 14.3. The minimum Gasteiger partial charge on any atom is -0.331 e. The number of pyridine rings is 1. The summed E-state index contributed by atoms with van der Waals surface area (Å²) in [6.07, 6.45) is 6.69. The molecule has 2 heterocycles. The van der Waals surface area contributed by atoms with E-state index in [9.17, 15) is 13.2 Å². The molecule has 2 atom stereocenters. The molecule has 20 heavy (non-hydrogen) atoms. The summed E-state index contributed by atoms with van der Waals surface area (Å²) in [6, 6.07) is 3.28. The topological polar surface area (TPSA) is 79.4 Å². The fraction of sp³-hybridized carbons (Fsp3) is 0.538. The Labute approximate surface area is 118 Å². The molecule has 1 aromatic heterocycles. The van der Waals surface area contributed by atoms with E-state index in [0.29, 0.717) is 0 Å². The number of nitrogens with one attached hydrogen (secondary N) is 1. The molecule has 6 nitrogen and oxygen atoms in total. The molecule has 0 aromatic carbocycles. The second kappa shape index (κ2) is 4.82. The first-order valence-electron chi connectivity index (χ1n) is 6.64. The summed E-state index contributed by atoms with van der Waals surface area (Å²) >= 11 is 0. The van der Waals surface area contributed by atoms with Gasteiger partial charge in [0.2, 0.25) is 15.9 Å². The summed E-state index contributed by atoms with van der Waals surface area (Å²) in [5.41, 5.74) is 0.881. The molecule has 2 aliphatic rings. The van der Waals surface area contributed by atoms with Gasteiger partial charge in [0.25, 0.3) is 0 Å². The van der Waals surface area contributed by atoms with Crippen molar-refractivity contribution in [1.29, 1.82) is 0 Å². The highest BCUT2D eigenvalue weighted by molar-refractivity contribution is 7.88. The van der Waals surface area contributed by atoms with E-state index in [0.717, 1.165) is 24.7 Å². The van der Waals surface area contributed by atoms with Crippen LogP contribution in [0.5, 0.6) is 0 Å². The molecule has 1 amide bonds. The van der Waals surface area contributed by atoms with Gasteiger partial charge in [0.15, 0.2) is 0 Å². The quantitative estimate of drug-likeness (QED) is 0.874. The Morgan fingerprint density at radius 3 is 2.70 bits per heavy atom. The number of carbonyl (C=O) groups is 1. The molecule has 1 saturated carbocycles. The Kier molecular flexibility index (Phi) is 3.25.